The number of ketones is 1. The molecular formula is C17H15F2NO. The molecule has 0 atom stereocenters. The number of fused-ring (bicyclic) bond motifs is 1. The lowest BCUT2D eigenvalue weighted by molar-refractivity contribution is 0.0991. The number of nitrogens with one attached hydrogen (secondary N) is 1. The van der Waals surface area contributed by atoms with Crippen LogP contribution in [0.5, 0.6) is 0 Å². The van der Waals surface area contributed by atoms with Gasteiger partial charge in [0.1, 0.15) is 0 Å². The number of Topliss-reactive ketones (excluding diaryl/α,β-unsaturated/α-hetero) is 1. The van der Waals surface area contributed by atoms with E-state index in [9.17, 15) is 13.6 Å². The van der Waals surface area contributed by atoms with Gasteiger partial charge in [0.25, 0.3) is 0 Å². The van der Waals surface area contributed by atoms with Crippen LogP contribution in [-0.4, -0.2) is 12.3 Å². The van der Waals surface area contributed by atoms with E-state index in [0.29, 0.717) is 5.56 Å². The van der Waals surface area contributed by atoms with Crippen molar-refractivity contribution >= 4 is 11.5 Å². The number of benzene rings is 2. The van der Waals surface area contributed by atoms with E-state index in [4.69, 9.17) is 0 Å². The van der Waals surface area contributed by atoms with E-state index in [1.807, 2.05) is 12.1 Å². The van der Waals surface area contributed by atoms with Gasteiger partial charge in [-0.2, -0.15) is 0 Å². The predicted octanol–water partition coefficient (Wildman–Crippen LogP) is 3.75. The standard InChI is InChI=1S/C17H15F2NO/c18-14-5-1-3-13(17(14)19)10-16(21)12-6-7-15-11(9-12)4-2-8-20-15/h1,3,5-7,9,20H,2,4,8,10H2. The zero-order chi connectivity index (χ0) is 14.8. The van der Waals surface area contributed by atoms with Gasteiger partial charge >= 0.3 is 0 Å². The zero-order valence-electron chi connectivity index (χ0n) is 11.5. The molecule has 1 aliphatic rings. The van der Waals surface area contributed by atoms with Crippen LogP contribution in [0.2, 0.25) is 0 Å². The number of carbonyl (C=O) groups excluding carboxylic acids is 1. The van der Waals surface area contributed by atoms with Crippen molar-refractivity contribution in [2.24, 2.45) is 0 Å². The Morgan fingerprint density at radius 1 is 1.19 bits per heavy atom. The lowest BCUT2D eigenvalue weighted by atomic mass is 9.96. The number of hydrogen-bond acceptors (Lipinski definition) is 2. The van der Waals surface area contributed by atoms with E-state index in [2.05, 4.69) is 5.32 Å². The van der Waals surface area contributed by atoms with Gasteiger partial charge in [-0.1, -0.05) is 12.1 Å². The van der Waals surface area contributed by atoms with Crippen LogP contribution in [0.25, 0.3) is 0 Å². The maximum Gasteiger partial charge on any atom is 0.167 e. The Morgan fingerprint density at radius 2 is 2.05 bits per heavy atom. The highest BCUT2D eigenvalue weighted by Gasteiger charge is 2.15. The average Bonchev–Trinajstić information content (AvgIpc) is 2.51. The molecule has 4 heteroatoms. The summed E-state index contributed by atoms with van der Waals surface area (Å²) in [5, 5.41) is 3.27. The van der Waals surface area contributed by atoms with E-state index in [0.717, 1.165) is 36.7 Å². The van der Waals surface area contributed by atoms with E-state index < -0.39 is 11.6 Å². The molecule has 0 bridgehead atoms. The Labute approximate surface area is 121 Å². The second-order valence-corrected chi connectivity index (χ2v) is 5.22. The summed E-state index contributed by atoms with van der Waals surface area (Å²) in [4.78, 5) is 12.3. The van der Waals surface area contributed by atoms with Crippen LogP contribution < -0.4 is 5.32 Å². The largest absolute Gasteiger partial charge is 0.385 e. The van der Waals surface area contributed by atoms with Gasteiger partial charge in [0.15, 0.2) is 17.4 Å². The normalized spacial score (nSPS) is 13.4. The number of halogens is 2. The Morgan fingerprint density at radius 3 is 2.90 bits per heavy atom. The maximum atomic E-state index is 13.6. The first-order chi connectivity index (χ1) is 10.1. The molecule has 1 aliphatic heterocycles. The lowest BCUT2D eigenvalue weighted by Crippen LogP contribution is -2.13. The monoisotopic (exact) mass is 287 g/mol. The summed E-state index contributed by atoms with van der Waals surface area (Å²) in [7, 11) is 0. The van der Waals surface area contributed by atoms with Crippen LogP contribution in [0, 0.1) is 11.6 Å². The van der Waals surface area contributed by atoms with Crippen molar-refractivity contribution in [3.05, 3.63) is 64.7 Å². The quantitative estimate of drug-likeness (QED) is 0.871. The third-order valence-corrected chi connectivity index (χ3v) is 3.75. The molecule has 0 saturated carbocycles. The van der Waals surface area contributed by atoms with Crippen LogP contribution in [-0.2, 0) is 12.8 Å². The van der Waals surface area contributed by atoms with E-state index in [1.54, 1.807) is 6.07 Å². The SMILES string of the molecule is O=C(Cc1cccc(F)c1F)c1ccc2c(c1)CCCN2. The summed E-state index contributed by atoms with van der Waals surface area (Å²) >= 11 is 0. The molecule has 108 valence electrons. The summed E-state index contributed by atoms with van der Waals surface area (Å²) in [5.74, 6) is -2.06. The number of aryl methyl sites for hydroxylation is 1. The topological polar surface area (TPSA) is 29.1 Å². The molecule has 21 heavy (non-hydrogen) atoms. The minimum absolute atomic E-state index is 0.0934. The molecule has 2 aromatic carbocycles. The van der Waals surface area contributed by atoms with Crippen molar-refractivity contribution in [1.29, 1.82) is 0 Å². The first-order valence-corrected chi connectivity index (χ1v) is 6.98. The zero-order valence-corrected chi connectivity index (χ0v) is 11.5. The molecule has 2 aromatic rings. The molecule has 0 amide bonds. The molecule has 0 unspecified atom stereocenters. The third kappa shape index (κ3) is 2.79. The highest BCUT2D eigenvalue weighted by Crippen LogP contribution is 2.24. The fourth-order valence-corrected chi connectivity index (χ4v) is 2.61. The van der Waals surface area contributed by atoms with Gasteiger partial charge in [-0.15, -0.1) is 0 Å². The van der Waals surface area contributed by atoms with Crippen molar-refractivity contribution in [2.45, 2.75) is 19.3 Å². The molecule has 0 radical (unpaired) electrons. The van der Waals surface area contributed by atoms with Crippen LogP contribution in [0.4, 0.5) is 14.5 Å². The number of rotatable bonds is 3. The van der Waals surface area contributed by atoms with Crippen LogP contribution in [0.15, 0.2) is 36.4 Å². The van der Waals surface area contributed by atoms with Gasteiger partial charge < -0.3 is 5.32 Å². The Hall–Kier alpha value is -2.23. The Kier molecular flexibility index (Phi) is 3.69. The number of carbonyl (C=O) groups is 1. The van der Waals surface area contributed by atoms with E-state index in [-0.39, 0.29) is 17.8 Å². The van der Waals surface area contributed by atoms with Gasteiger partial charge in [-0.25, -0.2) is 8.78 Å². The third-order valence-electron chi connectivity index (χ3n) is 3.75. The summed E-state index contributed by atoms with van der Waals surface area (Å²) in [6, 6.07) is 9.36. The second kappa shape index (κ2) is 5.64. The van der Waals surface area contributed by atoms with Crippen LogP contribution in [0.3, 0.4) is 0 Å². The van der Waals surface area contributed by atoms with E-state index in [1.165, 1.54) is 12.1 Å². The Balaban J connectivity index is 1.84. The van der Waals surface area contributed by atoms with Crippen molar-refractivity contribution < 1.29 is 13.6 Å². The molecule has 0 aliphatic carbocycles. The molecule has 0 fully saturated rings. The molecule has 1 N–H and O–H groups in total. The molecule has 3 rings (SSSR count). The lowest BCUT2D eigenvalue weighted by Gasteiger charge is -2.18. The van der Waals surface area contributed by atoms with Gasteiger partial charge in [0.05, 0.1) is 0 Å². The maximum absolute atomic E-state index is 13.6. The van der Waals surface area contributed by atoms with Gasteiger partial charge in [-0.05, 0) is 48.2 Å². The molecule has 0 saturated heterocycles. The summed E-state index contributed by atoms with van der Waals surface area (Å²) in [6.45, 7) is 0.939. The fourth-order valence-electron chi connectivity index (χ4n) is 2.61. The molecular weight excluding hydrogens is 272 g/mol. The highest BCUT2D eigenvalue weighted by atomic mass is 19.2. The van der Waals surface area contributed by atoms with Crippen molar-refractivity contribution in [3.8, 4) is 0 Å². The van der Waals surface area contributed by atoms with Crippen molar-refractivity contribution in [2.75, 3.05) is 11.9 Å². The fraction of sp³-hybridized carbons (Fsp3) is 0.235. The minimum atomic E-state index is -0.939. The number of hydrogen-bond donors (Lipinski definition) is 1. The van der Waals surface area contributed by atoms with Gasteiger partial charge in [-0.3, -0.25) is 4.79 Å². The first-order valence-electron chi connectivity index (χ1n) is 6.98. The van der Waals surface area contributed by atoms with Crippen LogP contribution >= 0.6 is 0 Å². The molecule has 1 heterocycles. The summed E-state index contributed by atoms with van der Waals surface area (Å²) in [6.07, 6.45) is 1.83. The van der Waals surface area contributed by atoms with Gasteiger partial charge in [0, 0.05) is 24.2 Å². The molecule has 0 spiro atoms. The van der Waals surface area contributed by atoms with E-state index >= 15 is 0 Å². The second-order valence-electron chi connectivity index (χ2n) is 5.22. The van der Waals surface area contributed by atoms with Crippen molar-refractivity contribution in [1.82, 2.24) is 0 Å². The van der Waals surface area contributed by atoms with Crippen LogP contribution in [0.1, 0.15) is 27.9 Å². The highest BCUT2D eigenvalue weighted by molar-refractivity contribution is 5.98. The summed E-state index contributed by atoms with van der Waals surface area (Å²) in [5.41, 5.74) is 2.79. The smallest absolute Gasteiger partial charge is 0.167 e. The van der Waals surface area contributed by atoms with Gasteiger partial charge in [0.2, 0.25) is 0 Å². The average molecular weight is 287 g/mol. The van der Waals surface area contributed by atoms with Crippen molar-refractivity contribution in [3.63, 3.8) is 0 Å². The minimum Gasteiger partial charge on any atom is -0.385 e. The summed E-state index contributed by atoms with van der Waals surface area (Å²) < 4.78 is 26.8. The molecule has 2 nitrogen and oxygen atoms in total. The molecule has 0 aromatic heterocycles. The number of anilines is 1. The predicted molar refractivity (Wildman–Crippen MR) is 77.6 cm³/mol. The first kappa shape index (κ1) is 13.7. The Bertz CT molecular complexity index is 697.